The molecule has 4 heteroatoms. The van der Waals surface area contributed by atoms with E-state index in [4.69, 9.17) is 0 Å². The van der Waals surface area contributed by atoms with Crippen LogP contribution in [0.2, 0.25) is 0 Å². The molecule has 19 heavy (non-hydrogen) atoms. The molecule has 1 aromatic heterocycles. The summed E-state index contributed by atoms with van der Waals surface area (Å²) in [5, 5.41) is 8.11. The Bertz CT molecular complexity index is 382. The lowest BCUT2D eigenvalue weighted by molar-refractivity contribution is 0.370. The number of likely N-dealkylation sites (N-methyl/N-ethyl adjacent to an activating group) is 1. The summed E-state index contributed by atoms with van der Waals surface area (Å²) in [4.78, 5) is 2.20. The van der Waals surface area contributed by atoms with Gasteiger partial charge in [0.25, 0.3) is 0 Å². The van der Waals surface area contributed by atoms with E-state index in [2.05, 4.69) is 61.8 Å². The Labute approximate surface area is 118 Å². The number of aromatic nitrogens is 2. The molecule has 1 aromatic rings. The normalized spacial score (nSPS) is 13.2. The van der Waals surface area contributed by atoms with Gasteiger partial charge < -0.3 is 10.2 Å². The highest BCUT2D eigenvalue weighted by Gasteiger charge is 2.14. The van der Waals surface area contributed by atoms with Crippen LogP contribution in [0.5, 0.6) is 0 Å². The molecule has 0 saturated heterocycles. The maximum Gasteiger partial charge on any atom is 0.0628 e. The van der Waals surface area contributed by atoms with E-state index in [-0.39, 0.29) is 0 Å². The molecule has 1 heterocycles. The summed E-state index contributed by atoms with van der Waals surface area (Å²) in [6.45, 7) is 12.9. The molecule has 0 aromatic carbocycles. The maximum atomic E-state index is 4.69. The minimum absolute atomic E-state index is 0.656. The van der Waals surface area contributed by atoms with E-state index in [9.17, 15) is 0 Å². The Kier molecular flexibility index (Phi) is 6.52. The van der Waals surface area contributed by atoms with E-state index in [1.807, 2.05) is 0 Å². The van der Waals surface area contributed by atoms with Gasteiger partial charge in [0.2, 0.25) is 0 Å². The minimum Gasteiger partial charge on any atom is -0.317 e. The van der Waals surface area contributed by atoms with Crippen LogP contribution in [0.1, 0.15) is 30.8 Å². The molecule has 0 aliphatic rings. The molecule has 0 amide bonds. The number of nitrogens with one attached hydrogen (secondary N) is 1. The molecule has 1 unspecified atom stereocenters. The topological polar surface area (TPSA) is 33.1 Å². The zero-order valence-corrected chi connectivity index (χ0v) is 13.5. The molecule has 0 aliphatic carbocycles. The van der Waals surface area contributed by atoms with Crippen LogP contribution in [0.4, 0.5) is 0 Å². The first kappa shape index (κ1) is 16.2. The Hall–Kier alpha value is -0.870. The predicted molar refractivity (Wildman–Crippen MR) is 81.7 cm³/mol. The van der Waals surface area contributed by atoms with Gasteiger partial charge >= 0.3 is 0 Å². The summed E-state index contributed by atoms with van der Waals surface area (Å²) in [7, 11) is 4.20. The largest absolute Gasteiger partial charge is 0.317 e. The molecular weight excluding hydrogens is 236 g/mol. The lowest BCUT2D eigenvalue weighted by atomic mass is 9.99. The average Bonchev–Trinajstić information content (AvgIpc) is 2.61. The van der Waals surface area contributed by atoms with Gasteiger partial charge in [-0.3, -0.25) is 4.68 Å². The quantitative estimate of drug-likeness (QED) is 0.779. The summed E-state index contributed by atoms with van der Waals surface area (Å²) in [6.07, 6.45) is 1.12. The van der Waals surface area contributed by atoms with Crippen LogP contribution in [0, 0.1) is 19.8 Å². The molecule has 0 fully saturated rings. The van der Waals surface area contributed by atoms with Crippen molar-refractivity contribution in [2.24, 2.45) is 5.92 Å². The molecule has 1 atom stereocenters. The minimum atomic E-state index is 0.656. The Morgan fingerprint density at radius 1 is 1.32 bits per heavy atom. The smallest absolute Gasteiger partial charge is 0.0628 e. The van der Waals surface area contributed by atoms with E-state index in [0.29, 0.717) is 5.92 Å². The fourth-order valence-electron chi connectivity index (χ4n) is 2.35. The van der Waals surface area contributed by atoms with Crippen molar-refractivity contribution < 1.29 is 0 Å². The van der Waals surface area contributed by atoms with Crippen molar-refractivity contribution in [3.05, 3.63) is 17.0 Å². The van der Waals surface area contributed by atoms with E-state index in [1.54, 1.807) is 0 Å². The van der Waals surface area contributed by atoms with Crippen LogP contribution in [-0.2, 0) is 13.0 Å². The third-order valence-electron chi connectivity index (χ3n) is 3.59. The van der Waals surface area contributed by atoms with E-state index in [0.717, 1.165) is 32.6 Å². The number of rotatable bonds is 8. The van der Waals surface area contributed by atoms with Gasteiger partial charge in [-0.1, -0.05) is 13.8 Å². The molecule has 0 bridgehead atoms. The van der Waals surface area contributed by atoms with Gasteiger partial charge in [0.15, 0.2) is 0 Å². The number of aryl methyl sites for hydroxylation is 1. The third kappa shape index (κ3) is 4.96. The summed E-state index contributed by atoms with van der Waals surface area (Å²) < 4.78 is 2.16. The molecule has 0 radical (unpaired) electrons. The van der Waals surface area contributed by atoms with Crippen LogP contribution < -0.4 is 5.32 Å². The molecular formula is C15H30N4. The highest BCUT2D eigenvalue weighted by molar-refractivity contribution is 5.25. The van der Waals surface area contributed by atoms with Crippen molar-refractivity contribution in [1.29, 1.82) is 0 Å². The Morgan fingerprint density at radius 3 is 2.58 bits per heavy atom. The molecule has 110 valence electrons. The standard InChI is InChI=1S/C15H30N4/c1-7-16-11-12(2)10-15-13(3)17-19(14(15)4)9-8-18(5)6/h12,16H,7-11H2,1-6H3. The van der Waals surface area contributed by atoms with Crippen molar-refractivity contribution in [3.63, 3.8) is 0 Å². The molecule has 4 nitrogen and oxygen atoms in total. The van der Waals surface area contributed by atoms with Crippen LogP contribution in [0.3, 0.4) is 0 Å². The maximum absolute atomic E-state index is 4.69. The van der Waals surface area contributed by atoms with Crippen LogP contribution in [0.15, 0.2) is 0 Å². The van der Waals surface area contributed by atoms with Gasteiger partial charge in [-0.2, -0.15) is 5.10 Å². The fraction of sp³-hybridized carbons (Fsp3) is 0.800. The van der Waals surface area contributed by atoms with Crippen molar-refractivity contribution in [1.82, 2.24) is 20.0 Å². The first-order valence-corrected chi connectivity index (χ1v) is 7.34. The average molecular weight is 266 g/mol. The molecule has 1 N–H and O–H groups in total. The van der Waals surface area contributed by atoms with Crippen LogP contribution in [0.25, 0.3) is 0 Å². The van der Waals surface area contributed by atoms with Gasteiger partial charge in [-0.05, 0) is 58.9 Å². The lowest BCUT2D eigenvalue weighted by Gasteiger charge is -2.13. The fourth-order valence-corrected chi connectivity index (χ4v) is 2.35. The third-order valence-corrected chi connectivity index (χ3v) is 3.59. The van der Waals surface area contributed by atoms with Gasteiger partial charge in [0.05, 0.1) is 12.2 Å². The van der Waals surface area contributed by atoms with Gasteiger partial charge in [0.1, 0.15) is 0 Å². The van der Waals surface area contributed by atoms with Crippen molar-refractivity contribution >= 4 is 0 Å². The first-order chi connectivity index (χ1) is 8.95. The van der Waals surface area contributed by atoms with Crippen LogP contribution in [-0.4, -0.2) is 48.4 Å². The summed E-state index contributed by atoms with van der Waals surface area (Å²) in [5.41, 5.74) is 3.96. The highest BCUT2D eigenvalue weighted by atomic mass is 15.3. The van der Waals surface area contributed by atoms with E-state index in [1.165, 1.54) is 17.0 Å². The van der Waals surface area contributed by atoms with E-state index < -0.39 is 0 Å². The van der Waals surface area contributed by atoms with Crippen molar-refractivity contribution in [3.8, 4) is 0 Å². The second-order valence-electron chi connectivity index (χ2n) is 5.79. The number of hydrogen-bond donors (Lipinski definition) is 1. The Balaban J connectivity index is 2.68. The van der Waals surface area contributed by atoms with Crippen molar-refractivity contribution in [2.75, 3.05) is 33.7 Å². The molecule has 0 saturated carbocycles. The lowest BCUT2D eigenvalue weighted by Crippen LogP contribution is -2.22. The zero-order valence-electron chi connectivity index (χ0n) is 13.5. The van der Waals surface area contributed by atoms with Crippen molar-refractivity contribution in [2.45, 2.75) is 40.7 Å². The van der Waals surface area contributed by atoms with Gasteiger partial charge in [-0.15, -0.1) is 0 Å². The second kappa shape index (κ2) is 7.65. The second-order valence-corrected chi connectivity index (χ2v) is 5.79. The predicted octanol–water partition coefficient (Wildman–Crippen LogP) is 1.85. The zero-order chi connectivity index (χ0) is 14.4. The monoisotopic (exact) mass is 266 g/mol. The van der Waals surface area contributed by atoms with E-state index >= 15 is 0 Å². The summed E-state index contributed by atoms with van der Waals surface area (Å²) >= 11 is 0. The SMILES string of the molecule is CCNCC(C)Cc1c(C)nn(CCN(C)C)c1C. The first-order valence-electron chi connectivity index (χ1n) is 7.34. The molecule has 0 spiro atoms. The molecule has 1 rings (SSSR count). The van der Waals surface area contributed by atoms with Gasteiger partial charge in [-0.25, -0.2) is 0 Å². The van der Waals surface area contributed by atoms with Crippen LogP contribution >= 0.6 is 0 Å². The van der Waals surface area contributed by atoms with Gasteiger partial charge in [0, 0.05) is 12.2 Å². The highest BCUT2D eigenvalue weighted by Crippen LogP contribution is 2.17. The number of hydrogen-bond acceptors (Lipinski definition) is 3. The molecule has 0 aliphatic heterocycles. The summed E-state index contributed by atoms with van der Waals surface area (Å²) in [5.74, 6) is 0.656. The number of nitrogens with zero attached hydrogens (tertiary/aromatic N) is 3. The summed E-state index contributed by atoms with van der Waals surface area (Å²) in [6, 6.07) is 0. The Morgan fingerprint density at radius 2 is 2.00 bits per heavy atom.